The number of carbonyl (C=O) groups excluding carboxylic acids is 1. The lowest BCUT2D eigenvalue weighted by atomic mass is 10.0. The van der Waals surface area contributed by atoms with Crippen LogP contribution in [-0.4, -0.2) is 37.0 Å². The second-order valence-corrected chi connectivity index (χ2v) is 5.33. The zero-order valence-corrected chi connectivity index (χ0v) is 10.3. The van der Waals surface area contributed by atoms with Crippen LogP contribution in [0.25, 0.3) is 0 Å². The molecule has 0 aromatic carbocycles. The maximum Gasteiger partial charge on any atom is 0.426 e. The van der Waals surface area contributed by atoms with Gasteiger partial charge in [-0.05, 0) is 6.42 Å². The van der Waals surface area contributed by atoms with Crippen LogP contribution in [0.4, 0.5) is 13.2 Å². The molecule has 1 atom stereocenters. The first-order valence-corrected chi connectivity index (χ1v) is 6.76. The van der Waals surface area contributed by atoms with Crippen LogP contribution in [0.5, 0.6) is 0 Å². The van der Waals surface area contributed by atoms with Crippen molar-refractivity contribution in [3.05, 3.63) is 24.3 Å². The first kappa shape index (κ1) is 15.7. The van der Waals surface area contributed by atoms with E-state index < -0.39 is 40.0 Å². The second kappa shape index (κ2) is 5.74. The number of rotatable bonds is 4. The van der Waals surface area contributed by atoms with E-state index in [9.17, 15) is 26.4 Å². The molecule has 1 unspecified atom stereocenters. The number of ether oxygens (including phenoxy) is 1. The van der Waals surface area contributed by atoms with Gasteiger partial charge in [0.15, 0.2) is 0 Å². The minimum absolute atomic E-state index is 0.553. The summed E-state index contributed by atoms with van der Waals surface area (Å²) in [6, 6.07) is 0. The van der Waals surface area contributed by atoms with E-state index in [1.54, 1.807) is 12.2 Å². The number of hydrogen-bond donors (Lipinski definition) is 1. The normalized spacial score (nSPS) is 18.3. The molecule has 5 nitrogen and oxygen atoms in total. The summed E-state index contributed by atoms with van der Waals surface area (Å²) in [4.78, 5) is 11.4. The Labute approximate surface area is 107 Å². The van der Waals surface area contributed by atoms with E-state index in [0.29, 0.717) is 6.42 Å². The van der Waals surface area contributed by atoms with Crippen molar-refractivity contribution in [2.24, 2.45) is 5.92 Å². The number of esters is 1. The fraction of sp³-hybridized carbons (Fsp3) is 0.500. The number of hydrogen-bond acceptors (Lipinski definition) is 4. The molecule has 0 saturated heterocycles. The molecule has 0 aromatic rings. The first-order chi connectivity index (χ1) is 8.59. The molecule has 0 bridgehead atoms. The lowest BCUT2D eigenvalue weighted by Crippen LogP contribution is -2.40. The largest absolute Gasteiger partial charge is 0.451 e. The van der Waals surface area contributed by atoms with Crippen molar-refractivity contribution in [1.82, 2.24) is 0 Å². The Hall–Kier alpha value is -1.35. The minimum atomic E-state index is -5.08. The van der Waals surface area contributed by atoms with Crippen LogP contribution in [0, 0.1) is 5.92 Å². The summed E-state index contributed by atoms with van der Waals surface area (Å²) < 4.78 is 71.0. The number of carbonyl (C=O) groups is 1. The molecule has 0 radical (unpaired) electrons. The fourth-order valence-electron chi connectivity index (χ4n) is 1.36. The van der Waals surface area contributed by atoms with Crippen LogP contribution < -0.4 is 0 Å². The molecule has 0 amide bonds. The van der Waals surface area contributed by atoms with Crippen molar-refractivity contribution >= 4 is 16.1 Å². The Morgan fingerprint density at radius 1 is 1.37 bits per heavy atom. The van der Waals surface area contributed by atoms with Crippen LogP contribution in [0.15, 0.2) is 24.3 Å². The Bertz CT molecular complexity index is 480. The van der Waals surface area contributed by atoms with Crippen molar-refractivity contribution in [2.45, 2.75) is 18.7 Å². The molecule has 1 aliphatic rings. The van der Waals surface area contributed by atoms with Gasteiger partial charge in [0.2, 0.25) is 6.10 Å². The second-order valence-electron chi connectivity index (χ2n) is 3.83. The summed E-state index contributed by atoms with van der Waals surface area (Å²) in [6.45, 7) is 0. The van der Waals surface area contributed by atoms with Crippen LogP contribution in [0.1, 0.15) is 6.42 Å². The minimum Gasteiger partial charge on any atom is -0.451 e. The number of allylic oxidation sites excluding steroid dienone is 2. The highest BCUT2D eigenvalue weighted by Crippen LogP contribution is 2.25. The quantitative estimate of drug-likeness (QED) is 0.483. The average Bonchev–Trinajstić information content (AvgIpc) is 2.26. The molecular formula is C10H11F3O5S. The SMILES string of the molecule is O=C(OC(CS(=O)(=O)O)C(F)(F)F)C1C=CCC=C1. The molecule has 0 aliphatic heterocycles. The zero-order valence-electron chi connectivity index (χ0n) is 9.50. The molecule has 1 N–H and O–H groups in total. The maximum atomic E-state index is 12.5. The summed E-state index contributed by atoms with van der Waals surface area (Å²) in [5.74, 6) is -3.93. The van der Waals surface area contributed by atoms with Gasteiger partial charge in [-0.25, -0.2) is 0 Å². The van der Waals surface area contributed by atoms with Crippen molar-refractivity contribution < 1.29 is 35.7 Å². The van der Waals surface area contributed by atoms with E-state index in [-0.39, 0.29) is 0 Å². The van der Waals surface area contributed by atoms with Crippen LogP contribution >= 0.6 is 0 Å². The fourth-order valence-corrected chi connectivity index (χ4v) is 2.00. The highest BCUT2D eigenvalue weighted by atomic mass is 32.2. The molecule has 0 saturated carbocycles. The molecule has 108 valence electrons. The summed E-state index contributed by atoms with van der Waals surface area (Å²) >= 11 is 0. The molecule has 9 heteroatoms. The van der Waals surface area contributed by atoms with Gasteiger partial charge in [0.1, 0.15) is 5.75 Å². The van der Waals surface area contributed by atoms with Crippen molar-refractivity contribution in [1.29, 1.82) is 0 Å². The molecule has 0 spiro atoms. The summed E-state index contributed by atoms with van der Waals surface area (Å²) in [5, 5.41) is 0. The first-order valence-electron chi connectivity index (χ1n) is 5.15. The molecule has 0 aromatic heterocycles. The molecule has 19 heavy (non-hydrogen) atoms. The third-order valence-corrected chi connectivity index (χ3v) is 2.94. The summed E-state index contributed by atoms with van der Waals surface area (Å²) in [5.41, 5.74) is 0. The van der Waals surface area contributed by atoms with Crippen molar-refractivity contribution in [2.75, 3.05) is 5.75 Å². The lowest BCUT2D eigenvalue weighted by molar-refractivity contribution is -0.216. The smallest absolute Gasteiger partial charge is 0.426 e. The Balaban J connectivity index is 2.78. The average molecular weight is 300 g/mol. The van der Waals surface area contributed by atoms with Crippen molar-refractivity contribution in [3.63, 3.8) is 0 Å². The third kappa shape index (κ3) is 5.43. The molecule has 1 aliphatic carbocycles. The van der Waals surface area contributed by atoms with E-state index in [4.69, 9.17) is 4.55 Å². The topological polar surface area (TPSA) is 80.7 Å². The summed E-state index contributed by atoms with van der Waals surface area (Å²) in [7, 11) is -4.92. The zero-order chi connectivity index (χ0) is 14.7. The molecular weight excluding hydrogens is 289 g/mol. The molecule has 1 rings (SSSR count). The van der Waals surface area contributed by atoms with E-state index in [1.165, 1.54) is 12.2 Å². The predicted molar refractivity (Wildman–Crippen MR) is 58.7 cm³/mol. The highest BCUT2D eigenvalue weighted by Gasteiger charge is 2.45. The van der Waals surface area contributed by atoms with E-state index in [1.807, 2.05) is 0 Å². The van der Waals surface area contributed by atoms with Gasteiger partial charge in [-0.1, -0.05) is 24.3 Å². The monoisotopic (exact) mass is 300 g/mol. The van der Waals surface area contributed by atoms with Gasteiger partial charge in [-0.15, -0.1) is 0 Å². The Kier molecular flexibility index (Phi) is 4.75. The van der Waals surface area contributed by atoms with Gasteiger partial charge in [-0.3, -0.25) is 9.35 Å². The van der Waals surface area contributed by atoms with Gasteiger partial charge < -0.3 is 4.74 Å². The van der Waals surface area contributed by atoms with Gasteiger partial charge in [0.25, 0.3) is 10.1 Å². The number of halogens is 3. The van der Waals surface area contributed by atoms with Crippen LogP contribution in [-0.2, 0) is 19.6 Å². The molecule has 0 heterocycles. The standard InChI is InChI=1S/C10H11F3O5S/c11-10(12,13)8(6-19(15,16)17)18-9(14)7-4-2-1-3-5-7/h2-5,7-8H,1,6H2,(H,15,16,17). The van der Waals surface area contributed by atoms with Crippen molar-refractivity contribution in [3.8, 4) is 0 Å². The van der Waals surface area contributed by atoms with Gasteiger partial charge >= 0.3 is 12.1 Å². The van der Waals surface area contributed by atoms with Gasteiger partial charge in [0.05, 0.1) is 5.92 Å². The predicted octanol–water partition coefficient (Wildman–Crippen LogP) is 1.48. The Morgan fingerprint density at radius 3 is 2.32 bits per heavy atom. The van der Waals surface area contributed by atoms with Crippen LogP contribution in [0.3, 0.4) is 0 Å². The highest BCUT2D eigenvalue weighted by molar-refractivity contribution is 7.85. The van der Waals surface area contributed by atoms with E-state index >= 15 is 0 Å². The van der Waals surface area contributed by atoms with E-state index in [2.05, 4.69) is 4.74 Å². The van der Waals surface area contributed by atoms with Gasteiger partial charge in [0, 0.05) is 0 Å². The van der Waals surface area contributed by atoms with E-state index in [0.717, 1.165) is 0 Å². The lowest BCUT2D eigenvalue weighted by Gasteiger charge is -2.21. The van der Waals surface area contributed by atoms with Gasteiger partial charge in [-0.2, -0.15) is 21.6 Å². The molecule has 0 fully saturated rings. The Morgan fingerprint density at radius 2 is 1.89 bits per heavy atom. The summed E-state index contributed by atoms with van der Waals surface area (Å²) in [6.07, 6.45) is -1.58. The third-order valence-electron chi connectivity index (χ3n) is 2.22. The maximum absolute atomic E-state index is 12.5. The van der Waals surface area contributed by atoms with Crippen LogP contribution in [0.2, 0.25) is 0 Å². The number of alkyl halides is 3.